The summed E-state index contributed by atoms with van der Waals surface area (Å²) in [6.45, 7) is 0.194. The van der Waals surface area contributed by atoms with Crippen LogP contribution in [0.1, 0.15) is 0 Å². The molecular weight excluding hydrogens is 298 g/mol. The number of hydrogen-bond acceptors (Lipinski definition) is 6. The van der Waals surface area contributed by atoms with E-state index in [-0.39, 0.29) is 18.0 Å². The molecule has 8 nitrogen and oxygen atoms in total. The molecule has 4 rings (SSSR count). The minimum Gasteiger partial charge on any atom is -0.454 e. The average molecular weight is 309 g/mol. The molecule has 0 radical (unpaired) electrons. The third-order valence-corrected chi connectivity index (χ3v) is 3.34. The highest BCUT2D eigenvalue weighted by Gasteiger charge is 2.14. The van der Waals surface area contributed by atoms with E-state index in [0.717, 1.165) is 5.56 Å². The van der Waals surface area contributed by atoms with Crippen LogP contribution in [0.3, 0.4) is 0 Å². The first kappa shape index (κ1) is 13.3. The van der Waals surface area contributed by atoms with E-state index in [9.17, 15) is 4.79 Å². The van der Waals surface area contributed by atoms with Crippen molar-refractivity contribution < 1.29 is 9.47 Å². The van der Waals surface area contributed by atoms with Crippen LogP contribution in [0.2, 0.25) is 0 Å². The second kappa shape index (κ2) is 5.41. The van der Waals surface area contributed by atoms with Crippen LogP contribution in [0.4, 0.5) is 11.4 Å². The molecule has 0 unspecified atom stereocenters. The normalized spacial score (nSPS) is 12.9. The highest BCUT2D eigenvalue weighted by molar-refractivity contribution is 5.70. The SMILES string of the molecule is O=c1[nH][nH]c(-c2ccncc2)c1N=Nc1ccc2c(c1)OCO2. The Morgan fingerprint density at radius 2 is 1.83 bits per heavy atom. The molecule has 0 bridgehead atoms. The number of pyridine rings is 1. The van der Waals surface area contributed by atoms with Crippen LogP contribution in [-0.2, 0) is 0 Å². The van der Waals surface area contributed by atoms with Crippen LogP contribution in [-0.4, -0.2) is 22.0 Å². The lowest BCUT2D eigenvalue weighted by molar-refractivity contribution is 0.174. The Hall–Kier alpha value is -3.42. The first-order valence-electron chi connectivity index (χ1n) is 6.84. The molecule has 3 heterocycles. The lowest BCUT2D eigenvalue weighted by Crippen LogP contribution is -1.96. The second-order valence-electron chi connectivity index (χ2n) is 4.78. The standard InChI is InChI=1S/C15H11N5O3/c21-15-14(13(18-20-15)9-3-5-16-6-4-9)19-17-10-1-2-11-12(7-10)23-8-22-11/h1-7H,8H2,(H2,18,20,21). The summed E-state index contributed by atoms with van der Waals surface area (Å²) in [5.74, 6) is 1.28. The molecule has 0 aliphatic carbocycles. The number of nitrogens with one attached hydrogen (secondary N) is 2. The lowest BCUT2D eigenvalue weighted by atomic mass is 10.2. The number of aromatic nitrogens is 3. The van der Waals surface area contributed by atoms with Gasteiger partial charge in [-0.3, -0.25) is 20.0 Å². The van der Waals surface area contributed by atoms with Crippen LogP contribution in [0.5, 0.6) is 11.5 Å². The van der Waals surface area contributed by atoms with Crippen molar-refractivity contribution in [2.75, 3.05) is 6.79 Å². The van der Waals surface area contributed by atoms with E-state index in [2.05, 4.69) is 25.4 Å². The van der Waals surface area contributed by atoms with Gasteiger partial charge < -0.3 is 9.47 Å². The predicted octanol–water partition coefficient (Wildman–Crippen LogP) is 2.91. The summed E-state index contributed by atoms with van der Waals surface area (Å²) >= 11 is 0. The molecule has 0 amide bonds. The van der Waals surface area contributed by atoms with Gasteiger partial charge in [0.1, 0.15) is 0 Å². The van der Waals surface area contributed by atoms with Gasteiger partial charge in [0.15, 0.2) is 17.2 Å². The maximum atomic E-state index is 11.9. The van der Waals surface area contributed by atoms with E-state index in [1.807, 2.05) is 0 Å². The zero-order valence-electron chi connectivity index (χ0n) is 11.8. The molecule has 1 aromatic carbocycles. The molecule has 1 aliphatic rings. The maximum absolute atomic E-state index is 11.9. The first-order chi connectivity index (χ1) is 11.3. The van der Waals surface area contributed by atoms with Gasteiger partial charge in [-0.25, -0.2) is 0 Å². The van der Waals surface area contributed by atoms with E-state index in [1.165, 1.54) is 0 Å². The molecule has 114 valence electrons. The molecule has 1 aliphatic heterocycles. The van der Waals surface area contributed by atoms with Crippen molar-refractivity contribution in [3.63, 3.8) is 0 Å². The van der Waals surface area contributed by atoms with Gasteiger partial charge in [0.25, 0.3) is 5.56 Å². The maximum Gasteiger partial charge on any atom is 0.292 e. The Morgan fingerprint density at radius 1 is 1.00 bits per heavy atom. The number of hydrogen-bond donors (Lipinski definition) is 2. The summed E-state index contributed by atoms with van der Waals surface area (Å²) in [4.78, 5) is 15.9. The Labute approximate surface area is 129 Å². The average Bonchev–Trinajstić information content (AvgIpc) is 3.19. The molecule has 23 heavy (non-hydrogen) atoms. The molecule has 0 saturated carbocycles. The smallest absolute Gasteiger partial charge is 0.292 e. The molecular formula is C15H11N5O3. The number of azo groups is 1. The number of rotatable bonds is 3. The number of benzene rings is 1. The number of nitrogens with zero attached hydrogens (tertiary/aromatic N) is 3. The fourth-order valence-electron chi connectivity index (χ4n) is 2.23. The van der Waals surface area contributed by atoms with Crippen molar-refractivity contribution in [2.45, 2.75) is 0 Å². The van der Waals surface area contributed by atoms with Gasteiger partial charge in [-0.1, -0.05) is 0 Å². The molecule has 3 aromatic rings. The van der Waals surface area contributed by atoms with Crippen LogP contribution in [0, 0.1) is 0 Å². The third kappa shape index (κ3) is 2.46. The number of fused-ring (bicyclic) bond motifs is 1. The second-order valence-corrected chi connectivity index (χ2v) is 4.78. The van der Waals surface area contributed by atoms with Gasteiger partial charge >= 0.3 is 0 Å². The van der Waals surface area contributed by atoms with Crippen molar-refractivity contribution in [3.8, 4) is 22.8 Å². The van der Waals surface area contributed by atoms with Gasteiger partial charge in [-0.2, -0.15) is 5.11 Å². The van der Waals surface area contributed by atoms with Crippen LogP contribution in [0.25, 0.3) is 11.3 Å². The molecule has 2 N–H and O–H groups in total. The van der Waals surface area contributed by atoms with Gasteiger partial charge in [0, 0.05) is 24.0 Å². The zero-order valence-corrected chi connectivity index (χ0v) is 11.8. The Balaban J connectivity index is 1.69. The summed E-state index contributed by atoms with van der Waals surface area (Å²) in [6, 6.07) is 8.75. The van der Waals surface area contributed by atoms with Crippen molar-refractivity contribution in [1.29, 1.82) is 0 Å². The molecule has 0 saturated heterocycles. The summed E-state index contributed by atoms with van der Waals surface area (Å²) in [7, 11) is 0. The quantitative estimate of drug-likeness (QED) is 0.726. The monoisotopic (exact) mass is 309 g/mol. The summed E-state index contributed by atoms with van der Waals surface area (Å²) in [6.07, 6.45) is 3.28. The highest BCUT2D eigenvalue weighted by atomic mass is 16.7. The van der Waals surface area contributed by atoms with Crippen LogP contribution >= 0.6 is 0 Å². The van der Waals surface area contributed by atoms with Gasteiger partial charge in [-0.15, -0.1) is 5.11 Å². The zero-order chi connectivity index (χ0) is 15.6. The van der Waals surface area contributed by atoms with E-state index in [0.29, 0.717) is 22.9 Å². The van der Waals surface area contributed by atoms with Crippen molar-refractivity contribution >= 4 is 11.4 Å². The topological polar surface area (TPSA) is 105 Å². The molecule has 0 fully saturated rings. The molecule has 0 atom stereocenters. The van der Waals surface area contributed by atoms with E-state index >= 15 is 0 Å². The summed E-state index contributed by atoms with van der Waals surface area (Å²) in [5, 5.41) is 13.5. The van der Waals surface area contributed by atoms with Crippen molar-refractivity contribution in [3.05, 3.63) is 53.1 Å². The fourth-order valence-corrected chi connectivity index (χ4v) is 2.23. The largest absolute Gasteiger partial charge is 0.454 e. The third-order valence-electron chi connectivity index (χ3n) is 3.34. The highest BCUT2D eigenvalue weighted by Crippen LogP contribution is 2.35. The number of H-pyrrole nitrogens is 2. The Kier molecular flexibility index (Phi) is 3.12. The molecule has 8 heteroatoms. The van der Waals surface area contributed by atoms with Crippen molar-refractivity contribution in [2.24, 2.45) is 10.2 Å². The van der Waals surface area contributed by atoms with Gasteiger partial charge in [0.2, 0.25) is 6.79 Å². The predicted molar refractivity (Wildman–Crippen MR) is 81.4 cm³/mol. The van der Waals surface area contributed by atoms with Crippen LogP contribution in [0.15, 0.2) is 57.7 Å². The van der Waals surface area contributed by atoms with E-state index in [4.69, 9.17) is 9.47 Å². The lowest BCUT2D eigenvalue weighted by Gasteiger charge is -1.98. The van der Waals surface area contributed by atoms with E-state index < -0.39 is 0 Å². The van der Waals surface area contributed by atoms with Gasteiger partial charge in [0.05, 0.1) is 11.4 Å². The molecule has 0 spiro atoms. The Bertz CT molecular complexity index is 930. The molecule has 2 aromatic heterocycles. The minimum absolute atomic E-state index is 0.194. The van der Waals surface area contributed by atoms with E-state index in [1.54, 1.807) is 42.7 Å². The number of ether oxygens (including phenoxy) is 2. The number of aromatic amines is 2. The fraction of sp³-hybridized carbons (Fsp3) is 0.0667. The summed E-state index contributed by atoms with van der Waals surface area (Å²) in [5.41, 5.74) is 1.77. The van der Waals surface area contributed by atoms with Crippen LogP contribution < -0.4 is 15.0 Å². The van der Waals surface area contributed by atoms with Crippen molar-refractivity contribution in [1.82, 2.24) is 15.2 Å². The van der Waals surface area contributed by atoms with Gasteiger partial charge in [-0.05, 0) is 24.3 Å². The first-order valence-corrected chi connectivity index (χ1v) is 6.84. The Morgan fingerprint density at radius 3 is 2.70 bits per heavy atom. The summed E-state index contributed by atoms with van der Waals surface area (Å²) < 4.78 is 10.5. The minimum atomic E-state index is -0.346.